The van der Waals surface area contributed by atoms with E-state index in [1.54, 1.807) is 23.9 Å². The van der Waals surface area contributed by atoms with Gasteiger partial charge in [-0.25, -0.2) is 4.39 Å². The fourth-order valence-corrected chi connectivity index (χ4v) is 3.10. The summed E-state index contributed by atoms with van der Waals surface area (Å²) in [4.78, 5) is 16.5. The molecule has 140 valence electrons. The van der Waals surface area contributed by atoms with Gasteiger partial charge in [-0.05, 0) is 24.6 Å². The number of ether oxygens (including phenoxy) is 1. The SMILES string of the molecule is COc1cc(-c2onc(N(C)C)c2C(=O)N2CCC(CO)C2)ccc1F. The van der Waals surface area contributed by atoms with Crippen molar-refractivity contribution in [3.63, 3.8) is 0 Å². The molecule has 0 saturated carbocycles. The highest BCUT2D eigenvalue weighted by Gasteiger charge is 2.33. The van der Waals surface area contributed by atoms with Crippen LogP contribution < -0.4 is 9.64 Å². The highest BCUT2D eigenvalue weighted by atomic mass is 19.1. The number of carbonyl (C=O) groups is 1. The second-order valence-corrected chi connectivity index (χ2v) is 6.54. The molecule has 1 saturated heterocycles. The summed E-state index contributed by atoms with van der Waals surface area (Å²) in [6.45, 7) is 1.10. The maximum atomic E-state index is 13.7. The molecule has 1 N–H and O–H groups in total. The summed E-state index contributed by atoms with van der Waals surface area (Å²) in [5.41, 5.74) is 0.826. The Morgan fingerprint density at radius 1 is 1.50 bits per heavy atom. The highest BCUT2D eigenvalue weighted by Crippen LogP contribution is 2.35. The smallest absolute Gasteiger partial charge is 0.261 e. The lowest BCUT2D eigenvalue weighted by molar-refractivity contribution is 0.0782. The fraction of sp³-hybridized carbons (Fsp3) is 0.444. The van der Waals surface area contributed by atoms with Crippen LogP contribution in [0.1, 0.15) is 16.8 Å². The molecule has 7 nitrogen and oxygen atoms in total. The molecule has 1 aromatic carbocycles. The third kappa shape index (κ3) is 3.24. The summed E-state index contributed by atoms with van der Waals surface area (Å²) in [5.74, 6) is 0.0948. The minimum absolute atomic E-state index is 0.0516. The van der Waals surface area contributed by atoms with Crippen molar-refractivity contribution in [1.82, 2.24) is 10.1 Å². The number of nitrogens with zero attached hydrogens (tertiary/aromatic N) is 3. The van der Waals surface area contributed by atoms with Gasteiger partial charge in [0.25, 0.3) is 5.91 Å². The van der Waals surface area contributed by atoms with Gasteiger partial charge in [-0.15, -0.1) is 0 Å². The van der Waals surface area contributed by atoms with Crippen LogP contribution in [0.2, 0.25) is 0 Å². The molecule has 1 amide bonds. The molecule has 1 fully saturated rings. The average molecular weight is 363 g/mol. The predicted octanol–water partition coefficient (Wildman–Crippen LogP) is 2.01. The molecule has 8 heteroatoms. The van der Waals surface area contributed by atoms with Gasteiger partial charge in [0, 0.05) is 45.3 Å². The van der Waals surface area contributed by atoms with E-state index in [9.17, 15) is 14.3 Å². The number of hydrogen-bond acceptors (Lipinski definition) is 6. The third-order valence-corrected chi connectivity index (χ3v) is 4.56. The number of amides is 1. The van der Waals surface area contributed by atoms with Crippen molar-refractivity contribution in [3.05, 3.63) is 29.6 Å². The van der Waals surface area contributed by atoms with Crippen LogP contribution in [-0.4, -0.2) is 62.0 Å². The van der Waals surface area contributed by atoms with E-state index >= 15 is 0 Å². The van der Waals surface area contributed by atoms with Crippen molar-refractivity contribution in [2.45, 2.75) is 6.42 Å². The van der Waals surface area contributed by atoms with Crippen LogP contribution in [0.4, 0.5) is 10.2 Å². The summed E-state index contributed by atoms with van der Waals surface area (Å²) in [6.07, 6.45) is 0.754. The molecule has 0 bridgehead atoms. The van der Waals surface area contributed by atoms with Crippen molar-refractivity contribution in [3.8, 4) is 17.1 Å². The number of methoxy groups -OCH3 is 1. The lowest BCUT2D eigenvalue weighted by Crippen LogP contribution is -2.30. The maximum Gasteiger partial charge on any atom is 0.261 e. The second-order valence-electron chi connectivity index (χ2n) is 6.54. The van der Waals surface area contributed by atoms with Crippen LogP contribution in [0, 0.1) is 11.7 Å². The minimum atomic E-state index is -0.498. The summed E-state index contributed by atoms with van der Waals surface area (Å²) in [6, 6.07) is 4.26. The lowest BCUT2D eigenvalue weighted by Gasteiger charge is -2.18. The first kappa shape index (κ1) is 18.2. The molecular weight excluding hydrogens is 341 g/mol. The van der Waals surface area contributed by atoms with Gasteiger partial charge in [0.2, 0.25) is 0 Å². The van der Waals surface area contributed by atoms with Crippen molar-refractivity contribution < 1.29 is 23.6 Å². The number of likely N-dealkylation sites (tertiary alicyclic amines) is 1. The highest BCUT2D eigenvalue weighted by molar-refractivity contribution is 6.04. The Morgan fingerprint density at radius 2 is 2.27 bits per heavy atom. The zero-order valence-electron chi connectivity index (χ0n) is 15.0. The van der Waals surface area contributed by atoms with E-state index < -0.39 is 5.82 Å². The second kappa shape index (κ2) is 7.33. The number of rotatable bonds is 5. The normalized spacial score (nSPS) is 16.8. The first-order chi connectivity index (χ1) is 12.5. The van der Waals surface area contributed by atoms with Gasteiger partial charge in [-0.2, -0.15) is 0 Å². The van der Waals surface area contributed by atoms with E-state index in [0.717, 1.165) is 6.42 Å². The predicted molar refractivity (Wildman–Crippen MR) is 93.9 cm³/mol. The van der Waals surface area contributed by atoms with Crippen molar-refractivity contribution in [2.75, 3.05) is 45.8 Å². The quantitative estimate of drug-likeness (QED) is 0.875. The number of aliphatic hydroxyl groups is 1. The number of benzene rings is 1. The van der Waals surface area contributed by atoms with Gasteiger partial charge >= 0.3 is 0 Å². The summed E-state index contributed by atoms with van der Waals surface area (Å²) in [7, 11) is 4.91. The molecule has 1 aromatic heterocycles. The Hall–Kier alpha value is -2.61. The van der Waals surface area contributed by atoms with E-state index in [4.69, 9.17) is 9.26 Å². The Kier molecular flexibility index (Phi) is 5.13. The van der Waals surface area contributed by atoms with Gasteiger partial charge in [0.05, 0.1) is 7.11 Å². The zero-order valence-corrected chi connectivity index (χ0v) is 15.0. The van der Waals surface area contributed by atoms with Gasteiger partial charge in [0.15, 0.2) is 23.1 Å². The van der Waals surface area contributed by atoms with Crippen LogP contribution in [0.3, 0.4) is 0 Å². The van der Waals surface area contributed by atoms with Crippen LogP contribution in [0.25, 0.3) is 11.3 Å². The molecule has 0 aliphatic carbocycles. The fourth-order valence-electron chi connectivity index (χ4n) is 3.10. The molecule has 0 radical (unpaired) electrons. The van der Waals surface area contributed by atoms with E-state index in [1.807, 2.05) is 0 Å². The number of hydrogen-bond donors (Lipinski definition) is 1. The molecule has 2 heterocycles. The van der Waals surface area contributed by atoms with Crippen LogP contribution in [0.15, 0.2) is 22.7 Å². The van der Waals surface area contributed by atoms with Crippen molar-refractivity contribution in [2.24, 2.45) is 5.92 Å². The van der Waals surface area contributed by atoms with Gasteiger partial charge in [-0.1, -0.05) is 5.16 Å². The molecule has 0 spiro atoms. The topological polar surface area (TPSA) is 79.0 Å². The largest absolute Gasteiger partial charge is 0.494 e. The molecular formula is C18H22FN3O4. The Morgan fingerprint density at radius 3 is 2.88 bits per heavy atom. The monoisotopic (exact) mass is 363 g/mol. The van der Waals surface area contributed by atoms with Crippen molar-refractivity contribution in [1.29, 1.82) is 0 Å². The molecule has 1 unspecified atom stereocenters. The Balaban J connectivity index is 2.04. The first-order valence-corrected chi connectivity index (χ1v) is 8.37. The molecule has 26 heavy (non-hydrogen) atoms. The molecule has 1 atom stereocenters. The number of carbonyl (C=O) groups excluding carboxylic acids is 1. The number of aliphatic hydroxyl groups excluding tert-OH is 1. The van der Waals surface area contributed by atoms with Gasteiger partial charge in [-0.3, -0.25) is 4.79 Å². The number of aromatic nitrogens is 1. The summed E-state index contributed by atoms with van der Waals surface area (Å²) >= 11 is 0. The van der Waals surface area contributed by atoms with E-state index in [-0.39, 0.29) is 29.9 Å². The standard InChI is InChI=1S/C18H22FN3O4/c1-21(2)17-15(18(24)22-7-6-11(9-22)10-23)16(26-20-17)12-4-5-13(19)14(8-12)25-3/h4-5,8,11,23H,6-7,9-10H2,1-3H3. The minimum Gasteiger partial charge on any atom is -0.494 e. The van der Waals surface area contributed by atoms with E-state index in [0.29, 0.717) is 30.0 Å². The summed E-state index contributed by atoms with van der Waals surface area (Å²) in [5, 5.41) is 13.3. The molecule has 1 aliphatic heterocycles. The molecule has 2 aromatic rings. The van der Waals surface area contributed by atoms with Crippen molar-refractivity contribution >= 4 is 11.7 Å². The van der Waals surface area contributed by atoms with Crippen LogP contribution >= 0.6 is 0 Å². The van der Waals surface area contributed by atoms with E-state index in [2.05, 4.69) is 5.16 Å². The van der Waals surface area contributed by atoms with Crippen LogP contribution in [-0.2, 0) is 0 Å². The maximum absolute atomic E-state index is 13.7. The first-order valence-electron chi connectivity index (χ1n) is 8.37. The molecule has 1 aliphatic rings. The number of anilines is 1. The Bertz CT molecular complexity index is 806. The van der Waals surface area contributed by atoms with E-state index in [1.165, 1.54) is 25.3 Å². The number of halogens is 1. The Labute approximate surface area is 150 Å². The molecule has 3 rings (SSSR count). The third-order valence-electron chi connectivity index (χ3n) is 4.56. The van der Waals surface area contributed by atoms with Gasteiger partial charge < -0.3 is 24.2 Å². The zero-order chi connectivity index (χ0) is 18.8. The lowest BCUT2D eigenvalue weighted by atomic mass is 10.1. The van der Waals surface area contributed by atoms with Crippen LogP contribution in [0.5, 0.6) is 5.75 Å². The summed E-state index contributed by atoms with van der Waals surface area (Å²) < 4.78 is 24.2. The van der Waals surface area contributed by atoms with Gasteiger partial charge in [0.1, 0.15) is 5.56 Å². The average Bonchev–Trinajstić information content (AvgIpc) is 3.28.